The van der Waals surface area contributed by atoms with E-state index in [2.05, 4.69) is 10.6 Å². The Hall–Kier alpha value is -0.120. The van der Waals surface area contributed by atoms with E-state index in [-0.39, 0.29) is 6.10 Å². The highest BCUT2D eigenvalue weighted by Crippen LogP contribution is 2.23. The topological polar surface area (TPSA) is 44.3 Å². The number of aliphatic hydroxyl groups excluding tert-OH is 1. The van der Waals surface area contributed by atoms with Crippen LogP contribution in [0.5, 0.6) is 0 Å². The van der Waals surface area contributed by atoms with Gasteiger partial charge >= 0.3 is 0 Å². The summed E-state index contributed by atoms with van der Waals surface area (Å²) in [4.78, 5) is 0. The van der Waals surface area contributed by atoms with Crippen LogP contribution >= 0.6 is 0 Å². The summed E-state index contributed by atoms with van der Waals surface area (Å²) in [5.74, 6) is 0.509. The molecule has 2 unspecified atom stereocenters. The average Bonchev–Trinajstić information content (AvgIpc) is 2.05. The van der Waals surface area contributed by atoms with Gasteiger partial charge in [-0.15, -0.1) is 0 Å². The molecule has 1 heterocycles. The van der Waals surface area contributed by atoms with Gasteiger partial charge in [0.25, 0.3) is 0 Å². The van der Waals surface area contributed by atoms with Crippen LogP contribution in [0.2, 0.25) is 0 Å². The zero-order valence-electron chi connectivity index (χ0n) is 8.13. The molecule has 1 saturated heterocycles. The van der Waals surface area contributed by atoms with Gasteiger partial charge in [-0.1, -0.05) is 12.8 Å². The van der Waals surface area contributed by atoms with Crippen molar-refractivity contribution in [3.05, 3.63) is 0 Å². The second-order valence-electron chi connectivity index (χ2n) is 4.38. The van der Waals surface area contributed by atoms with E-state index in [1.165, 1.54) is 19.3 Å². The van der Waals surface area contributed by atoms with Crippen LogP contribution in [-0.2, 0) is 0 Å². The molecule has 0 amide bonds. The van der Waals surface area contributed by atoms with Crippen molar-refractivity contribution in [1.82, 2.24) is 10.6 Å². The highest BCUT2D eigenvalue weighted by atomic mass is 16.3. The first-order valence-corrected chi connectivity index (χ1v) is 5.48. The number of hydrogen-bond acceptors (Lipinski definition) is 3. The van der Waals surface area contributed by atoms with Gasteiger partial charge in [0.05, 0.1) is 6.10 Å². The van der Waals surface area contributed by atoms with Gasteiger partial charge in [-0.25, -0.2) is 0 Å². The zero-order valence-corrected chi connectivity index (χ0v) is 8.13. The number of aliphatic hydroxyl groups is 1. The monoisotopic (exact) mass is 184 g/mol. The first kappa shape index (κ1) is 9.44. The molecule has 2 atom stereocenters. The van der Waals surface area contributed by atoms with Crippen LogP contribution in [0.3, 0.4) is 0 Å². The maximum absolute atomic E-state index is 9.72. The quantitative estimate of drug-likeness (QED) is 0.583. The van der Waals surface area contributed by atoms with Crippen LogP contribution in [-0.4, -0.2) is 36.9 Å². The highest BCUT2D eigenvalue weighted by molar-refractivity contribution is 4.84. The summed E-state index contributed by atoms with van der Waals surface area (Å²) in [5.41, 5.74) is 0. The molecule has 2 aliphatic rings. The molecule has 3 nitrogen and oxygen atoms in total. The van der Waals surface area contributed by atoms with E-state index in [0.717, 1.165) is 26.1 Å². The molecule has 3 heteroatoms. The Bertz CT molecular complexity index is 159. The fourth-order valence-corrected chi connectivity index (χ4v) is 2.18. The molecule has 1 aliphatic heterocycles. The fraction of sp³-hybridized carbons (Fsp3) is 1.00. The van der Waals surface area contributed by atoms with Gasteiger partial charge in [0.2, 0.25) is 0 Å². The van der Waals surface area contributed by atoms with Gasteiger partial charge in [0.15, 0.2) is 0 Å². The third-order valence-electron chi connectivity index (χ3n) is 3.32. The number of rotatable bonds is 3. The van der Waals surface area contributed by atoms with Crippen molar-refractivity contribution in [1.29, 1.82) is 0 Å². The lowest BCUT2D eigenvalue weighted by molar-refractivity contribution is 0.0669. The summed E-state index contributed by atoms with van der Waals surface area (Å²) in [6, 6.07) is 0.661. The predicted octanol–water partition coefficient (Wildman–Crippen LogP) is 0.0989. The summed E-state index contributed by atoms with van der Waals surface area (Å²) < 4.78 is 0. The molecular formula is C10H20N2O. The molecule has 0 aromatic rings. The molecule has 76 valence electrons. The summed E-state index contributed by atoms with van der Waals surface area (Å²) in [6.07, 6.45) is 4.67. The molecule has 0 bridgehead atoms. The zero-order chi connectivity index (χ0) is 9.10. The summed E-state index contributed by atoms with van der Waals surface area (Å²) >= 11 is 0. The summed E-state index contributed by atoms with van der Waals surface area (Å²) in [5, 5.41) is 16.4. The highest BCUT2D eigenvalue weighted by Gasteiger charge is 2.24. The second kappa shape index (κ2) is 4.40. The maximum Gasteiger partial charge on any atom is 0.0580 e. The Morgan fingerprint density at radius 3 is 2.62 bits per heavy atom. The van der Waals surface area contributed by atoms with E-state index in [0.29, 0.717) is 12.0 Å². The van der Waals surface area contributed by atoms with Crippen molar-refractivity contribution < 1.29 is 5.11 Å². The van der Waals surface area contributed by atoms with Crippen LogP contribution < -0.4 is 10.6 Å². The van der Waals surface area contributed by atoms with E-state index >= 15 is 0 Å². The van der Waals surface area contributed by atoms with Gasteiger partial charge < -0.3 is 15.7 Å². The van der Waals surface area contributed by atoms with Gasteiger partial charge in [-0.2, -0.15) is 0 Å². The molecule has 0 spiro atoms. The molecule has 0 aromatic carbocycles. The minimum absolute atomic E-state index is 0.0470. The van der Waals surface area contributed by atoms with E-state index in [9.17, 15) is 5.11 Å². The first-order chi connectivity index (χ1) is 6.36. The van der Waals surface area contributed by atoms with Gasteiger partial charge in [0.1, 0.15) is 0 Å². The van der Waals surface area contributed by atoms with Crippen molar-refractivity contribution in [3.63, 3.8) is 0 Å². The molecule has 13 heavy (non-hydrogen) atoms. The predicted molar refractivity (Wildman–Crippen MR) is 52.6 cm³/mol. The molecular weight excluding hydrogens is 164 g/mol. The van der Waals surface area contributed by atoms with E-state index in [1.54, 1.807) is 0 Å². The number of nitrogens with one attached hydrogen (secondary N) is 2. The third-order valence-corrected chi connectivity index (χ3v) is 3.32. The van der Waals surface area contributed by atoms with Crippen molar-refractivity contribution in [2.24, 2.45) is 5.92 Å². The third kappa shape index (κ3) is 2.42. The average molecular weight is 184 g/mol. The van der Waals surface area contributed by atoms with Crippen molar-refractivity contribution in [2.75, 3.05) is 19.6 Å². The van der Waals surface area contributed by atoms with Crippen molar-refractivity contribution >= 4 is 0 Å². The van der Waals surface area contributed by atoms with E-state index < -0.39 is 0 Å². The molecule has 2 fully saturated rings. The van der Waals surface area contributed by atoms with Crippen molar-refractivity contribution in [3.8, 4) is 0 Å². The van der Waals surface area contributed by atoms with Crippen LogP contribution in [0, 0.1) is 5.92 Å². The Labute approximate surface area is 79.9 Å². The summed E-state index contributed by atoms with van der Waals surface area (Å²) in [6.45, 7) is 3.21. The van der Waals surface area contributed by atoms with Crippen LogP contribution in [0.15, 0.2) is 0 Å². The van der Waals surface area contributed by atoms with Gasteiger partial charge in [-0.3, -0.25) is 0 Å². The van der Waals surface area contributed by atoms with Gasteiger partial charge in [-0.05, 0) is 18.8 Å². The summed E-state index contributed by atoms with van der Waals surface area (Å²) in [7, 11) is 0. The normalized spacial score (nSPS) is 35.8. The Morgan fingerprint density at radius 2 is 2.00 bits per heavy atom. The minimum Gasteiger partial charge on any atom is -0.393 e. The van der Waals surface area contributed by atoms with Crippen LogP contribution in [0.1, 0.15) is 25.7 Å². The standard InChI is InChI=1S/C10H20N2O/c13-10-4-2-1-3-8(10)5-12-9-6-11-7-9/h8-13H,1-7H2. The molecule has 1 saturated carbocycles. The Kier molecular flexibility index (Phi) is 3.19. The van der Waals surface area contributed by atoms with E-state index in [4.69, 9.17) is 0 Å². The lowest BCUT2D eigenvalue weighted by Gasteiger charge is -2.33. The Morgan fingerprint density at radius 1 is 1.23 bits per heavy atom. The van der Waals surface area contributed by atoms with E-state index in [1.807, 2.05) is 0 Å². The van der Waals surface area contributed by atoms with Gasteiger partial charge in [0, 0.05) is 25.7 Å². The van der Waals surface area contributed by atoms with Crippen LogP contribution in [0.4, 0.5) is 0 Å². The van der Waals surface area contributed by atoms with Crippen molar-refractivity contribution in [2.45, 2.75) is 37.8 Å². The smallest absolute Gasteiger partial charge is 0.0580 e. The SMILES string of the molecule is OC1CCCCC1CNC1CNC1. The molecule has 0 aromatic heterocycles. The molecule has 3 N–H and O–H groups in total. The molecule has 2 rings (SSSR count). The second-order valence-corrected chi connectivity index (χ2v) is 4.38. The lowest BCUT2D eigenvalue weighted by atomic mass is 9.86. The molecule has 0 radical (unpaired) electrons. The number of hydrogen-bond donors (Lipinski definition) is 3. The largest absolute Gasteiger partial charge is 0.393 e. The maximum atomic E-state index is 9.72. The Balaban J connectivity index is 1.66. The molecule has 1 aliphatic carbocycles. The fourth-order valence-electron chi connectivity index (χ4n) is 2.18. The first-order valence-electron chi connectivity index (χ1n) is 5.48. The van der Waals surface area contributed by atoms with Crippen LogP contribution in [0.25, 0.3) is 0 Å². The minimum atomic E-state index is -0.0470. The lowest BCUT2D eigenvalue weighted by Crippen LogP contribution is -2.56.